The first kappa shape index (κ1) is 17.0. The van der Waals surface area contributed by atoms with Gasteiger partial charge in [0.05, 0.1) is 6.42 Å². The fraction of sp³-hybridized carbons (Fsp3) is 0.632. The van der Waals surface area contributed by atoms with Crippen LogP contribution in [0.3, 0.4) is 0 Å². The van der Waals surface area contributed by atoms with Gasteiger partial charge in [0, 0.05) is 19.1 Å². The molecule has 0 radical (unpaired) electrons. The fourth-order valence-corrected chi connectivity index (χ4v) is 3.16. The maximum absolute atomic E-state index is 12.5. The van der Waals surface area contributed by atoms with E-state index in [1.807, 2.05) is 11.8 Å². The predicted octanol–water partition coefficient (Wildman–Crippen LogP) is 3.16. The number of nitrogens with zero attached hydrogens (tertiary/aromatic N) is 1. The average molecular weight is 302 g/mol. The Morgan fingerprint density at radius 1 is 1.32 bits per heavy atom. The number of benzene rings is 1. The van der Waals surface area contributed by atoms with Crippen molar-refractivity contribution in [3.8, 4) is 0 Å². The van der Waals surface area contributed by atoms with Crippen molar-refractivity contribution >= 4 is 5.91 Å². The van der Waals surface area contributed by atoms with Gasteiger partial charge in [-0.2, -0.15) is 0 Å². The van der Waals surface area contributed by atoms with Crippen molar-refractivity contribution in [3.05, 3.63) is 35.4 Å². The number of hydrogen-bond donors (Lipinski definition) is 1. The molecule has 2 rings (SSSR count). The minimum atomic E-state index is 0.174. The largest absolute Gasteiger partial charge is 0.342 e. The van der Waals surface area contributed by atoms with Crippen molar-refractivity contribution < 1.29 is 4.79 Å². The van der Waals surface area contributed by atoms with Gasteiger partial charge in [0.15, 0.2) is 0 Å². The summed E-state index contributed by atoms with van der Waals surface area (Å²) in [6, 6.07) is 8.72. The fourth-order valence-electron chi connectivity index (χ4n) is 3.16. The third-order valence-corrected chi connectivity index (χ3v) is 4.75. The SMILES string of the molecule is CCCCc1ccc(CC(=O)N2CCCC(C(C)N)C2)cc1. The molecule has 0 spiro atoms. The molecular weight excluding hydrogens is 272 g/mol. The molecule has 1 heterocycles. The van der Waals surface area contributed by atoms with Crippen molar-refractivity contribution in [1.82, 2.24) is 4.90 Å². The number of amides is 1. The molecule has 2 atom stereocenters. The topological polar surface area (TPSA) is 46.3 Å². The van der Waals surface area contributed by atoms with Crippen LogP contribution in [0.15, 0.2) is 24.3 Å². The molecule has 1 aliphatic heterocycles. The molecule has 1 aromatic rings. The van der Waals surface area contributed by atoms with Crippen molar-refractivity contribution in [3.63, 3.8) is 0 Å². The van der Waals surface area contributed by atoms with Gasteiger partial charge in [-0.1, -0.05) is 37.6 Å². The number of unbranched alkanes of at least 4 members (excludes halogenated alkanes) is 1. The van der Waals surface area contributed by atoms with Crippen molar-refractivity contribution in [2.24, 2.45) is 11.7 Å². The Bertz CT molecular complexity index is 467. The lowest BCUT2D eigenvalue weighted by Gasteiger charge is -2.34. The molecule has 1 aromatic carbocycles. The maximum Gasteiger partial charge on any atom is 0.226 e. The maximum atomic E-state index is 12.5. The van der Waals surface area contributed by atoms with Crippen LogP contribution < -0.4 is 5.73 Å². The third-order valence-electron chi connectivity index (χ3n) is 4.75. The molecule has 22 heavy (non-hydrogen) atoms. The molecule has 0 bridgehead atoms. The van der Waals surface area contributed by atoms with E-state index in [0.29, 0.717) is 12.3 Å². The number of rotatable bonds is 6. The molecule has 2 unspecified atom stereocenters. The highest BCUT2D eigenvalue weighted by Crippen LogP contribution is 2.19. The summed E-state index contributed by atoms with van der Waals surface area (Å²) in [5.41, 5.74) is 8.49. The van der Waals surface area contributed by atoms with Crippen LogP contribution in [0.5, 0.6) is 0 Å². The number of piperidine rings is 1. The minimum absolute atomic E-state index is 0.174. The van der Waals surface area contributed by atoms with E-state index in [2.05, 4.69) is 31.2 Å². The van der Waals surface area contributed by atoms with Crippen molar-refractivity contribution in [2.45, 2.75) is 58.4 Å². The second-order valence-electron chi connectivity index (χ2n) is 6.70. The first-order valence-electron chi connectivity index (χ1n) is 8.71. The predicted molar refractivity (Wildman–Crippen MR) is 91.7 cm³/mol. The summed E-state index contributed by atoms with van der Waals surface area (Å²) in [7, 11) is 0. The van der Waals surface area contributed by atoms with Gasteiger partial charge < -0.3 is 10.6 Å². The van der Waals surface area contributed by atoms with Crippen molar-refractivity contribution in [1.29, 1.82) is 0 Å². The molecule has 1 amide bonds. The number of likely N-dealkylation sites (tertiary alicyclic amines) is 1. The standard InChI is InChI=1S/C19H30N2O/c1-3-4-6-16-8-10-17(11-9-16)13-19(22)21-12-5-7-18(14-21)15(2)20/h8-11,15,18H,3-7,12-14,20H2,1-2H3. The van der Waals surface area contributed by atoms with Crippen LogP contribution in [0, 0.1) is 5.92 Å². The zero-order valence-corrected chi connectivity index (χ0v) is 14.1. The van der Waals surface area contributed by atoms with Gasteiger partial charge in [-0.25, -0.2) is 0 Å². The summed E-state index contributed by atoms with van der Waals surface area (Å²) in [6.07, 6.45) is 6.31. The average Bonchev–Trinajstić information content (AvgIpc) is 2.54. The molecule has 3 nitrogen and oxygen atoms in total. The molecule has 0 saturated carbocycles. The van der Waals surface area contributed by atoms with Gasteiger partial charge in [-0.05, 0) is 49.7 Å². The Morgan fingerprint density at radius 3 is 2.64 bits per heavy atom. The Morgan fingerprint density at radius 2 is 2.00 bits per heavy atom. The van der Waals surface area contributed by atoms with E-state index in [9.17, 15) is 4.79 Å². The zero-order chi connectivity index (χ0) is 15.9. The van der Waals surface area contributed by atoms with Crippen LogP contribution in [0.25, 0.3) is 0 Å². The lowest BCUT2D eigenvalue weighted by Crippen LogP contribution is -2.45. The molecule has 0 aromatic heterocycles. The summed E-state index contributed by atoms with van der Waals surface area (Å²) in [6.45, 7) is 5.97. The lowest BCUT2D eigenvalue weighted by atomic mass is 9.92. The highest BCUT2D eigenvalue weighted by atomic mass is 16.2. The second kappa shape index (κ2) is 8.33. The van der Waals surface area contributed by atoms with Crippen LogP contribution in [0.2, 0.25) is 0 Å². The number of hydrogen-bond acceptors (Lipinski definition) is 2. The van der Waals surface area contributed by atoms with Gasteiger partial charge in [-0.15, -0.1) is 0 Å². The summed E-state index contributed by atoms with van der Waals surface area (Å²) in [4.78, 5) is 14.5. The van der Waals surface area contributed by atoms with Crippen LogP contribution in [0.1, 0.15) is 50.7 Å². The van der Waals surface area contributed by atoms with Gasteiger partial charge in [-0.3, -0.25) is 4.79 Å². The summed E-state index contributed by atoms with van der Waals surface area (Å²) >= 11 is 0. The van der Waals surface area contributed by atoms with E-state index in [4.69, 9.17) is 5.73 Å². The summed E-state index contributed by atoms with van der Waals surface area (Å²) < 4.78 is 0. The van der Waals surface area contributed by atoms with Gasteiger partial charge in [0.2, 0.25) is 5.91 Å². The smallest absolute Gasteiger partial charge is 0.226 e. The highest BCUT2D eigenvalue weighted by molar-refractivity contribution is 5.78. The summed E-state index contributed by atoms with van der Waals surface area (Å²) in [5, 5.41) is 0. The third kappa shape index (κ3) is 4.84. The monoisotopic (exact) mass is 302 g/mol. The van der Waals surface area contributed by atoms with E-state index in [1.54, 1.807) is 0 Å². The van der Waals surface area contributed by atoms with Crippen LogP contribution in [-0.2, 0) is 17.6 Å². The second-order valence-corrected chi connectivity index (χ2v) is 6.70. The molecular formula is C19H30N2O. The van der Waals surface area contributed by atoms with Gasteiger partial charge >= 0.3 is 0 Å². The van der Waals surface area contributed by atoms with E-state index in [-0.39, 0.29) is 11.9 Å². The van der Waals surface area contributed by atoms with Crippen LogP contribution >= 0.6 is 0 Å². The van der Waals surface area contributed by atoms with Crippen LogP contribution in [-0.4, -0.2) is 29.9 Å². The Labute approximate surface area is 134 Å². The zero-order valence-electron chi connectivity index (χ0n) is 14.1. The van der Waals surface area contributed by atoms with Gasteiger partial charge in [0.25, 0.3) is 0 Å². The Balaban J connectivity index is 1.88. The molecule has 2 N–H and O–H groups in total. The quantitative estimate of drug-likeness (QED) is 0.877. The normalized spacial score (nSPS) is 20.0. The van der Waals surface area contributed by atoms with E-state index in [0.717, 1.165) is 37.9 Å². The summed E-state index contributed by atoms with van der Waals surface area (Å²) in [5.74, 6) is 0.695. The first-order valence-corrected chi connectivity index (χ1v) is 8.71. The molecule has 122 valence electrons. The van der Waals surface area contributed by atoms with E-state index >= 15 is 0 Å². The number of aryl methyl sites for hydroxylation is 1. The lowest BCUT2D eigenvalue weighted by molar-refractivity contribution is -0.132. The molecule has 1 fully saturated rings. The minimum Gasteiger partial charge on any atom is -0.342 e. The number of carbonyl (C=O) groups excluding carboxylic acids is 1. The van der Waals surface area contributed by atoms with Crippen LogP contribution in [0.4, 0.5) is 0 Å². The molecule has 1 saturated heterocycles. The highest BCUT2D eigenvalue weighted by Gasteiger charge is 2.25. The number of carbonyl (C=O) groups is 1. The Hall–Kier alpha value is -1.35. The molecule has 1 aliphatic rings. The Kier molecular flexibility index (Phi) is 6.44. The van der Waals surface area contributed by atoms with Gasteiger partial charge in [0.1, 0.15) is 0 Å². The van der Waals surface area contributed by atoms with Crippen molar-refractivity contribution in [2.75, 3.05) is 13.1 Å². The van der Waals surface area contributed by atoms with E-state index < -0.39 is 0 Å². The molecule has 0 aliphatic carbocycles. The van der Waals surface area contributed by atoms with E-state index in [1.165, 1.54) is 18.4 Å². The molecule has 3 heteroatoms. The number of nitrogens with two attached hydrogens (primary N) is 1. The first-order chi connectivity index (χ1) is 10.6.